The molecule has 0 saturated heterocycles. The van der Waals surface area contributed by atoms with Crippen molar-refractivity contribution in [3.8, 4) is 0 Å². The molecule has 2 rings (SSSR count). The summed E-state index contributed by atoms with van der Waals surface area (Å²) < 4.78 is 0. The van der Waals surface area contributed by atoms with Crippen LogP contribution in [0.2, 0.25) is 0 Å². The summed E-state index contributed by atoms with van der Waals surface area (Å²) in [5.74, 6) is 0. The van der Waals surface area contributed by atoms with E-state index in [1.807, 2.05) is 60.7 Å². The average molecular weight is 297 g/mol. The molecule has 2 aromatic carbocycles. The molecule has 0 fully saturated rings. The third kappa shape index (κ3) is 15.2. The molecule has 0 N–H and O–H groups in total. The smallest absolute Gasteiger partial charge is 1.00 e. The Hall–Kier alpha value is 0.709. The van der Waals surface area contributed by atoms with Gasteiger partial charge in [0.2, 0.25) is 0 Å². The van der Waals surface area contributed by atoms with Crippen molar-refractivity contribution in [3.63, 3.8) is 0 Å². The fraction of sp³-hybridized carbons (Fsp3) is 0. The molecule has 0 heterocycles. The van der Waals surface area contributed by atoms with Gasteiger partial charge in [-0.1, -0.05) is 0 Å². The summed E-state index contributed by atoms with van der Waals surface area (Å²) in [6.45, 7) is 0. The molecule has 0 aromatic heterocycles. The van der Waals surface area contributed by atoms with E-state index in [-0.39, 0.29) is 68.2 Å². The molecule has 4 heteroatoms. The minimum Gasteiger partial charge on any atom is -1.00 e. The van der Waals surface area contributed by atoms with Gasteiger partial charge in [0.1, 0.15) is 0 Å². The van der Waals surface area contributed by atoms with Gasteiger partial charge in [-0.05, 0) is 0 Å². The van der Waals surface area contributed by atoms with E-state index in [0.29, 0.717) is 0 Å². The largest absolute Gasteiger partial charge is 4.00 e. The van der Waals surface area contributed by atoms with Crippen molar-refractivity contribution in [3.05, 3.63) is 60.7 Å². The maximum atomic E-state index is 2.00. The molecular formula is C10H10Cl2Ti2+4. The minimum absolute atomic E-state index is 0. The van der Waals surface area contributed by atoms with Gasteiger partial charge in [0.05, 0.1) is 0 Å². The normalized spacial score (nSPS) is 5.71. The quantitative estimate of drug-likeness (QED) is 0.355. The van der Waals surface area contributed by atoms with Crippen LogP contribution in [0.1, 0.15) is 0 Å². The van der Waals surface area contributed by atoms with Crippen LogP contribution >= 0.6 is 0 Å². The van der Waals surface area contributed by atoms with E-state index in [1.165, 1.54) is 0 Å². The van der Waals surface area contributed by atoms with Gasteiger partial charge in [0, 0.05) is 0 Å². The maximum Gasteiger partial charge on any atom is 4.00 e. The molecule has 0 spiro atoms. The van der Waals surface area contributed by atoms with Crippen LogP contribution in [-0.4, -0.2) is 0 Å². The summed E-state index contributed by atoms with van der Waals surface area (Å²) in [5, 5.41) is 0. The van der Waals surface area contributed by atoms with Crippen LogP contribution in [0.15, 0.2) is 60.7 Å². The molecule has 0 nitrogen and oxygen atoms in total. The van der Waals surface area contributed by atoms with Gasteiger partial charge in [-0.15, -0.1) is 0 Å². The Kier molecular flexibility index (Phi) is 33.2. The predicted octanol–water partition coefficient (Wildman–Crippen LogP) is -3.19. The Bertz CT molecular complexity index is 155. The van der Waals surface area contributed by atoms with Crippen molar-refractivity contribution >= 4 is 0 Å². The SMILES string of the molecule is [Cl-].[Cl-].[Ti+4].[Ti+4].c1cc[cH-]c1.c1cc[cH-]c1. The van der Waals surface area contributed by atoms with E-state index < -0.39 is 0 Å². The second-order valence-electron chi connectivity index (χ2n) is 1.92. The van der Waals surface area contributed by atoms with E-state index in [2.05, 4.69) is 0 Å². The third-order valence-electron chi connectivity index (χ3n) is 1.11. The maximum absolute atomic E-state index is 2.00. The average Bonchev–Trinajstić information content (AvgIpc) is 2.67. The number of hydrogen-bond donors (Lipinski definition) is 0. The van der Waals surface area contributed by atoms with Crippen molar-refractivity contribution in [2.45, 2.75) is 0 Å². The Labute approximate surface area is 128 Å². The summed E-state index contributed by atoms with van der Waals surface area (Å²) in [6.07, 6.45) is 0. The Morgan fingerprint density at radius 1 is 0.500 bits per heavy atom. The van der Waals surface area contributed by atoms with Crippen LogP contribution in [0.4, 0.5) is 0 Å². The molecule has 14 heavy (non-hydrogen) atoms. The van der Waals surface area contributed by atoms with Crippen LogP contribution in [0, 0.1) is 0 Å². The summed E-state index contributed by atoms with van der Waals surface area (Å²) >= 11 is 0. The van der Waals surface area contributed by atoms with E-state index in [9.17, 15) is 0 Å². The Morgan fingerprint density at radius 3 is 0.786 bits per heavy atom. The van der Waals surface area contributed by atoms with Gasteiger partial charge in [-0.3, -0.25) is 0 Å². The van der Waals surface area contributed by atoms with Crippen LogP contribution < -0.4 is 24.8 Å². The summed E-state index contributed by atoms with van der Waals surface area (Å²) in [4.78, 5) is 0. The summed E-state index contributed by atoms with van der Waals surface area (Å²) in [7, 11) is 0. The Balaban J connectivity index is -0.0000000556. The van der Waals surface area contributed by atoms with Gasteiger partial charge in [-0.25, -0.2) is 24.3 Å². The fourth-order valence-corrected chi connectivity index (χ4v) is 0.642. The van der Waals surface area contributed by atoms with E-state index in [1.54, 1.807) is 0 Å². The third-order valence-corrected chi connectivity index (χ3v) is 1.11. The van der Waals surface area contributed by atoms with Crippen molar-refractivity contribution in [2.75, 3.05) is 0 Å². The number of halogens is 2. The zero-order valence-electron chi connectivity index (χ0n) is 7.53. The first-order chi connectivity index (χ1) is 5.00. The van der Waals surface area contributed by atoms with Crippen LogP contribution in [0.5, 0.6) is 0 Å². The van der Waals surface area contributed by atoms with Crippen molar-refractivity contribution in [1.29, 1.82) is 0 Å². The van der Waals surface area contributed by atoms with Gasteiger partial charge in [0.25, 0.3) is 0 Å². The van der Waals surface area contributed by atoms with Gasteiger partial charge < -0.3 is 24.8 Å². The summed E-state index contributed by atoms with van der Waals surface area (Å²) in [6, 6.07) is 20.0. The molecule has 0 aliphatic heterocycles. The molecule has 68 valence electrons. The number of rotatable bonds is 0. The zero-order chi connectivity index (χ0) is 7.07. The van der Waals surface area contributed by atoms with Gasteiger partial charge >= 0.3 is 43.4 Å². The summed E-state index contributed by atoms with van der Waals surface area (Å²) in [5.41, 5.74) is 0. The first-order valence-electron chi connectivity index (χ1n) is 3.33. The zero-order valence-corrected chi connectivity index (χ0v) is 12.2. The molecule has 0 bridgehead atoms. The van der Waals surface area contributed by atoms with Crippen LogP contribution in [0.3, 0.4) is 0 Å². The van der Waals surface area contributed by atoms with Crippen molar-refractivity contribution in [2.24, 2.45) is 0 Å². The van der Waals surface area contributed by atoms with Crippen LogP contribution in [-0.2, 0) is 43.4 Å². The topological polar surface area (TPSA) is 0 Å². The predicted molar refractivity (Wildman–Crippen MR) is 44.1 cm³/mol. The van der Waals surface area contributed by atoms with E-state index in [0.717, 1.165) is 0 Å². The second-order valence-corrected chi connectivity index (χ2v) is 1.92. The molecule has 0 radical (unpaired) electrons. The molecule has 0 saturated carbocycles. The molecular weight excluding hydrogens is 287 g/mol. The van der Waals surface area contributed by atoms with Gasteiger partial charge in [0.15, 0.2) is 0 Å². The van der Waals surface area contributed by atoms with E-state index >= 15 is 0 Å². The molecule has 0 aliphatic carbocycles. The van der Waals surface area contributed by atoms with Gasteiger partial charge in [-0.2, -0.15) is 36.4 Å². The van der Waals surface area contributed by atoms with Crippen molar-refractivity contribution in [1.82, 2.24) is 0 Å². The first kappa shape index (κ1) is 24.1. The molecule has 0 atom stereocenters. The molecule has 0 amide bonds. The molecule has 0 aliphatic rings. The monoisotopic (exact) mass is 296 g/mol. The number of hydrogen-bond acceptors (Lipinski definition) is 0. The molecule has 0 unspecified atom stereocenters. The standard InChI is InChI=1S/2C5H5.2ClH.2Ti/c2*1-2-4-5-3-1;;;;/h2*1-5H;2*1H;;/q2*-1;;;2*+4/p-2. The fourth-order valence-electron chi connectivity index (χ4n) is 0.642. The van der Waals surface area contributed by atoms with Crippen LogP contribution in [0.25, 0.3) is 0 Å². The van der Waals surface area contributed by atoms with Crippen molar-refractivity contribution < 1.29 is 68.2 Å². The first-order valence-corrected chi connectivity index (χ1v) is 3.33. The second kappa shape index (κ2) is 19.3. The van der Waals surface area contributed by atoms with E-state index in [4.69, 9.17) is 0 Å². The Morgan fingerprint density at radius 2 is 0.714 bits per heavy atom. The molecule has 2 aromatic rings. The minimum atomic E-state index is 0.